The first-order valence-electron chi connectivity index (χ1n) is 10.5. The third-order valence-corrected chi connectivity index (χ3v) is 6.53. The van der Waals surface area contributed by atoms with Gasteiger partial charge in [0, 0.05) is 24.1 Å². The van der Waals surface area contributed by atoms with Gasteiger partial charge in [-0.3, -0.25) is 4.79 Å². The molecule has 1 heterocycles. The number of piperidine rings is 1. The van der Waals surface area contributed by atoms with Crippen LogP contribution in [0.5, 0.6) is 5.75 Å². The van der Waals surface area contributed by atoms with E-state index in [-0.39, 0.29) is 17.9 Å². The lowest BCUT2D eigenvalue weighted by Gasteiger charge is -2.52. The predicted octanol–water partition coefficient (Wildman–Crippen LogP) is 4.60. The average molecular weight is 392 g/mol. The molecule has 0 bridgehead atoms. The summed E-state index contributed by atoms with van der Waals surface area (Å²) < 4.78 is 5.63. The number of ether oxygens (including phenoxy) is 1. The van der Waals surface area contributed by atoms with Gasteiger partial charge in [0.25, 0.3) is 0 Å². The molecule has 1 N–H and O–H groups in total. The second kappa shape index (κ2) is 8.42. The van der Waals surface area contributed by atoms with Gasteiger partial charge in [0.2, 0.25) is 5.91 Å². The predicted molar refractivity (Wildman–Crippen MR) is 114 cm³/mol. The molecular weight excluding hydrogens is 362 g/mol. The smallest absolute Gasteiger partial charge is 0.247 e. The number of rotatable bonds is 4. The standard InChI is InChI=1S/C25H29NO3/c1-29-22-13-6-5-11-20(22)24-21-12-7-8-16-25(21,28)17-18-26(24)23(27)15-14-19-9-3-2-4-10-19/h2-6,9-11,13-15,21,24,28H,7-8,12,16-18H2,1H3/t21?,24-,25?/m0/s1. The summed E-state index contributed by atoms with van der Waals surface area (Å²) in [6.45, 7) is 0.549. The Morgan fingerprint density at radius 3 is 2.66 bits per heavy atom. The number of carbonyl (C=O) groups is 1. The van der Waals surface area contributed by atoms with Gasteiger partial charge in [-0.25, -0.2) is 0 Å². The van der Waals surface area contributed by atoms with Gasteiger partial charge in [-0.15, -0.1) is 0 Å². The van der Waals surface area contributed by atoms with Crippen LogP contribution in [0, 0.1) is 5.92 Å². The fourth-order valence-corrected chi connectivity index (χ4v) is 5.05. The van der Waals surface area contributed by atoms with E-state index in [1.807, 2.05) is 65.6 Å². The maximum Gasteiger partial charge on any atom is 0.247 e. The van der Waals surface area contributed by atoms with Crippen LogP contribution in [0.1, 0.15) is 49.3 Å². The van der Waals surface area contributed by atoms with Crippen molar-refractivity contribution in [2.24, 2.45) is 5.92 Å². The molecule has 0 radical (unpaired) electrons. The number of nitrogens with zero attached hydrogens (tertiary/aromatic N) is 1. The first kappa shape index (κ1) is 19.7. The maximum atomic E-state index is 13.3. The van der Waals surface area contributed by atoms with E-state index < -0.39 is 5.60 Å². The van der Waals surface area contributed by atoms with Crippen molar-refractivity contribution < 1.29 is 14.6 Å². The van der Waals surface area contributed by atoms with Gasteiger partial charge < -0.3 is 14.7 Å². The normalized spacial score (nSPS) is 26.9. The van der Waals surface area contributed by atoms with Gasteiger partial charge in [0.05, 0.1) is 18.8 Å². The molecule has 3 atom stereocenters. The van der Waals surface area contributed by atoms with Gasteiger partial charge in [-0.2, -0.15) is 0 Å². The van der Waals surface area contributed by atoms with Crippen LogP contribution in [0.15, 0.2) is 60.7 Å². The van der Waals surface area contributed by atoms with Gasteiger partial charge in [-0.1, -0.05) is 61.4 Å². The fraction of sp³-hybridized carbons (Fsp3) is 0.400. The molecule has 1 aliphatic heterocycles. The van der Waals surface area contributed by atoms with Crippen LogP contribution < -0.4 is 4.74 Å². The van der Waals surface area contributed by atoms with Crippen LogP contribution in [-0.2, 0) is 4.79 Å². The second-order valence-electron chi connectivity index (χ2n) is 8.17. The SMILES string of the molecule is COc1ccccc1[C@H]1C2CCCCC2(O)CCN1C(=O)C=Cc1ccccc1. The van der Waals surface area contributed by atoms with Gasteiger partial charge in [0.15, 0.2) is 0 Å². The molecule has 1 saturated heterocycles. The van der Waals surface area contributed by atoms with Crippen molar-refractivity contribution in [2.75, 3.05) is 13.7 Å². The molecule has 2 aromatic rings. The van der Waals surface area contributed by atoms with Gasteiger partial charge >= 0.3 is 0 Å². The molecule has 2 fully saturated rings. The number of hydrogen-bond donors (Lipinski definition) is 1. The molecule has 4 rings (SSSR count). The summed E-state index contributed by atoms with van der Waals surface area (Å²) in [7, 11) is 1.66. The van der Waals surface area contributed by atoms with Gasteiger partial charge in [-0.05, 0) is 37.0 Å². The van der Waals surface area contributed by atoms with E-state index in [4.69, 9.17) is 4.74 Å². The molecule has 2 aromatic carbocycles. The first-order valence-corrected chi connectivity index (χ1v) is 10.5. The number of likely N-dealkylation sites (tertiary alicyclic amines) is 1. The van der Waals surface area contributed by atoms with E-state index in [1.54, 1.807) is 13.2 Å². The van der Waals surface area contributed by atoms with E-state index in [1.165, 1.54) is 0 Å². The summed E-state index contributed by atoms with van der Waals surface area (Å²) >= 11 is 0. The van der Waals surface area contributed by atoms with Crippen molar-refractivity contribution in [3.63, 3.8) is 0 Å². The highest BCUT2D eigenvalue weighted by molar-refractivity contribution is 5.92. The number of methoxy groups -OCH3 is 1. The highest BCUT2D eigenvalue weighted by Gasteiger charge is 2.50. The Kier molecular flexibility index (Phi) is 5.72. The molecule has 1 amide bonds. The zero-order valence-corrected chi connectivity index (χ0v) is 17.0. The van der Waals surface area contributed by atoms with Crippen LogP contribution >= 0.6 is 0 Å². The second-order valence-corrected chi connectivity index (χ2v) is 8.17. The summed E-state index contributed by atoms with van der Waals surface area (Å²) in [5.74, 6) is 0.782. The number of aliphatic hydroxyl groups is 1. The number of fused-ring (bicyclic) bond motifs is 1. The van der Waals surface area contributed by atoms with Crippen molar-refractivity contribution in [3.05, 3.63) is 71.8 Å². The minimum absolute atomic E-state index is 0.0163. The van der Waals surface area contributed by atoms with Crippen molar-refractivity contribution in [1.82, 2.24) is 4.90 Å². The number of para-hydroxylation sites is 1. The van der Waals surface area contributed by atoms with E-state index in [2.05, 4.69) is 0 Å². The summed E-state index contributed by atoms with van der Waals surface area (Å²) in [6.07, 6.45) is 8.02. The Labute approximate surface area is 172 Å². The zero-order valence-electron chi connectivity index (χ0n) is 17.0. The average Bonchev–Trinajstić information content (AvgIpc) is 2.77. The Morgan fingerprint density at radius 2 is 1.86 bits per heavy atom. The van der Waals surface area contributed by atoms with Gasteiger partial charge in [0.1, 0.15) is 5.75 Å². The summed E-state index contributed by atoms with van der Waals surface area (Å²) in [6, 6.07) is 17.6. The molecule has 0 aromatic heterocycles. The van der Waals surface area contributed by atoms with E-state index >= 15 is 0 Å². The van der Waals surface area contributed by atoms with Crippen LogP contribution in [0.3, 0.4) is 0 Å². The third kappa shape index (κ3) is 3.95. The lowest BCUT2D eigenvalue weighted by molar-refractivity contribution is -0.151. The highest BCUT2D eigenvalue weighted by atomic mass is 16.5. The molecule has 2 unspecified atom stereocenters. The minimum Gasteiger partial charge on any atom is -0.496 e. The largest absolute Gasteiger partial charge is 0.496 e. The van der Waals surface area contributed by atoms with Crippen LogP contribution in [0.25, 0.3) is 6.08 Å². The topological polar surface area (TPSA) is 49.8 Å². The van der Waals surface area contributed by atoms with E-state index in [9.17, 15) is 9.90 Å². The number of hydrogen-bond acceptors (Lipinski definition) is 3. The summed E-state index contributed by atoms with van der Waals surface area (Å²) in [4.78, 5) is 15.2. The summed E-state index contributed by atoms with van der Waals surface area (Å²) in [5.41, 5.74) is 1.28. The first-order chi connectivity index (χ1) is 14.1. The third-order valence-electron chi connectivity index (χ3n) is 6.53. The monoisotopic (exact) mass is 391 g/mol. The molecule has 152 valence electrons. The number of carbonyl (C=O) groups excluding carboxylic acids is 1. The van der Waals surface area contributed by atoms with Crippen molar-refractivity contribution in [1.29, 1.82) is 0 Å². The number of benzene rings is 2. The Balaban J connectivity index is 1.69. The lowest BCUT2D eigenvalue weighted by atomic mass is 9.66. The molecule has 4 nitrogen and oxygen atoms in total. The molecule has 4 heteroatoms. The van der Waals surface area contributed by atoms with Crippen LogP contribution in [0.4, 0.5) is 0 Å². The Bertz CT molecular complexity index is 879. The van der Waals surface area contributed by atoms with Crippen molar-refractivity contribution in [2.45, 2.75) is 43.7 Å². The zero-order chi connectivity index (χ0) is 20.3. The van der Waals surface area contributed by atoms with Crippen LogP contribution in [0.2, 0.25) is 0 Å². The Morgan fingerprint density at radius 1 is 1.10 bits per heavy atom. The molecule has 1 aliphatic carbocycles. The number of amides is 1. The molecule has 29 heavy (non-hydrogen) atoms. The molecule has 2 aliphatic rings. The van der Waals surface area contributed by atoms with E-state index in [0.717, 1.165) is 42.6 Å². The Hall–Kier alpha value is -2.59. The highest BCUT2D eigenvalue weighted by Crippen LogP contribution is 2.50. The summed E-state index contributed by atoms with van der Waals surface area (Å²) in [5, 5.41) is 11.4. The molecule has 0 spiro atoms. The lowest BCUT2D eigenvalue weighted by Crippen LogP contribution is -2.56. The molecule has 1 saturated carbocycles. The fourth-order valence-electron chi connectivity index (χ4n) is 5.05. The minimum atomic E-state index is -0.705. The van der Waals surface area contributed by atoms with Crippen molar-refractivity contribution in [3.8, 4) is 5.75 Å². The quantitative estimate of drug-likeness (QED) is 0.775. The van der Waals surface area contributed by atoms with Crippen molar-refractivity contribution >= 4 is 12.0 Å². The molecular formula is C25H29NO3. The maximum absolute atomic E-state index is 13.3. The van der Waals surface area contributed by atoms with E-state index in [0.29, 0.717) is 13.0 Å². The van der Waals surface area contributed by atoms with Crippen LogP contribution in [-0.4, -0.2) is 35.2 Å².